The topological polar surface area (TPSA) is 51.8 Å². The molecule has 0 aliphatic heterocycles. The summed E-state index contributed by atoms with van der Waals surface area (Å²) >= 11 is 0. The zero-order valence-corrected chi connectivity index (χ0v) is 13.2. The Morgan fingerprint density at radius 2 is 1.71 bits per heavy atom. The molecule has 0 saturated heterocycles. The van der Waals surface area contributed by atoms with Gasteiger partial charge in [0.15, 0.2) is 5.82 Å². The highest BCUT2D eigenvalue weighted by molar-refractivity contribution is 6.08. The third-order valence-electron chi connectivity index (χ3n) is 3.93. The molecule has 0 radical (unpaired) electrons. The second-order valence-electron chi connectivity index (χ2n) is 5.75. The summed E-state index contributed by atoms with van der Waals surface area (Å²) in [6.07, 6.45) is 1.75. The number of nitrogen functional groups attached to an aromatic ring is 1. The standard InChI is InChI=1S/C21H15N3/c1-14-5-4-6-15(11-14)9-10-16-12-18-17-7-2-3-8-19(17)24-21(22)20(18)23-13-16/h2-8,11-13H,1H3,(H2,22,24). The van der Waals surface area contributed by atoms with Gasteiger partial charge in [-0.25, -0.2) is 4.98 Å². The molecule has 2 aromatic heterocycles. The number of hydrogen-bond donors (Lipinski definition) is 1. The summed E-state index contributed by atoms with van der Waals surface area (Å²) in [4.78, 5) is 8.89. The molecule has 4 aromatic rings. The summed E-state index contributed by atoms with van der Waals surface area (Å²) < 4.78 is 0. The van der Waals surface area contributed by atoms with Crippen LogP contribution in [0.3, 0.4) is 0 Å². The first-order valence-electron chi connectivity index (χ1n) is 7.73. The maximum Gasteiger partial charge on any atom is 0.150 e. The molecular formula is C21H15N3. The Labute approximate surface area is 140 Å². The minimum atomic E-state index is 0.446. The van der Waals surface area contributed by atoms with E-state index in [1.807, 2.05) is 42.5 Å². The molecule has 0 aliphatic rings. The number of pyridine rings is 2. The molecule has 2 N–H and O–H groups in total. The van der Waals surface area contributed by atoms with Gasteiger partial charge in [-0.1, -0.05) is 42.2 Å². The number of aryl methyl sites for hydroxylation is 1. The largest absolute Gasteiger partial charge is 0.382 e. The predicted octanol–water partition coefficient (Wildman–Crippen LogP) is 4.07. The van der Waals surface area contributed by atoms with Crippen molar-refractivity contribution in [1.29, 1.82) is 0 Å². The molecule has 114 valence electrons. The van der Waals surface area contributed by atoms with Crippen LogP contribution in [0.5, 0.6) is 0 Å². The van der Waals surface area contributed by atoms with Crippen LogP contribution in [0.4, 0.5) is 5.82 Å². The highest BCUT2D eigenvalue weighted by Gasteiger charge is 2.07. The Balaban J connectivity index is 1.88. The molecule has 0 atom stereocenters. The number of benzene rings is 2. The van der Waals surface area contributed by atoms with E-state index in [-0.39, 0.29) is 0 Å². The molecule has 2 aromatic carbocycles. The molecular weight excluding hydrogens is 294 g/mol. The minimum absolute atomic E-state index is 0.446. The van der Waals surface area contributed by atoms with Crippen molar-refractivity contribution in [2.24, 2.45) is 0 Å². The second-order valence-corrected chi connectivity index (χ2v) is 5.75. The van der Waals surface area contributed by atoms with Gasteiger partial charge in [-0.05, 0) is 36.8 Å². The van der Waals surface area contributed by atoms with Crippen LogP contribution in [0.2, 0.25) is 0 Å². The Morgan fingerprint density at radius 1 is 0.875 bits per heavy atom. The quantitative estimate of drug-likeness (QED) is 0.393. The third-order valence-corrected chi connectivity index (χ3v) is 3.93. The maximum atomic E-state index is 6.04. The number of para-hydroxylation sites is 1. The van der Waals surface area contributed by atoms with Gasteiger partial charge < -0.3 is 5.73 Å². The van der Waals surface area contributed by atoms with E-state index in [0.29, 0.717) is 5.82 Å². The highest BCUT2D eigenvalue weighted by atomic mass is 14.9. The highest BCUT2D eigenvalue weighted by Crippen LogP contribution is 2.26. The summed E-state index contributed by atoms with van der Waals surface area (Å²) in [7, 11) is 0. The summed E-state index contributed by atoms with van der Waals surface area (Å²) in [5.41, 5.74) is 10.7. The lowest BCUT2D eigenvalue weighted by Gasteiger charge is -2.05. The first-order valence-corrected chi connectivity index (χ1v) is 7.73. The van der Waals surface area contributed by atoms with Gasteiger partial charge >= 0.3 is 0 Å². The molecule has 0 spiro atoms. The van der Waals surface area contributed by atoms with Crippen molar-refractivity contribution in [2.75, 3.05) is 5.73 Å². The lowest BCUT2D eigenvalue weighted by Crippen LogP contribution is -1.95. The molecule has 0 bridgehead atoms. The summed E-state index contributed by atoms with van der Waals surface area (Å²) in [6.45, 7) is 2.06. The van der Waals surface area contributed by atoms with Crippen molar-refractivity contribution in [3.8, 4) is 11.8 Å². The predicted molar refractivity (Wildman–Crippen MR) is 98.6 cm³/mol. The van der Waals surface area contributed by atoms with Gasteiger partial charge in [0.05, 0.1) is 5.52 Å². The smallest absolute Gasteiger partial charge is 0.150 e. The summed E-state index contributed by atoms with van der Waals surface area (Å²) in [5.74, 6) is 6.83. The van der Waals surface area contributed by atoms with Crippen LogP contribution in [-0.4, -0.2) is 9.97 Å². The summed E-state index contributed by atoms with van der Waals surface area (Å²) in [5, 5.41) is 2.02. The van der Waals surface area contributed by atoms with E-state index in [1.54, 1.807) is 6.20 Å². The van der Waals surface area contributed by atoms with E-state index < -0.39 is 0 Å². The van der Waals surface area contributed by atoms with E-state index in [9.17, 15) is 0 Å². The van der Waals surface area contributed by atoms with E-state index in [1.165, 1.54) is 5.56 Å². The zero-order valence-electron chi connectivity index (χ0n) is 13.2. The maximum absolute atomic E-state index is 6.04. The lowest BCUT2D eigenvalue weighted by molar-refractivity contribution is 1.35. The van der Waals surface area contributed by atoms with Crippen molar-refractivity contribution >= 4 is 27.6 Å². The molecule has 0 saturated carbocycles. The fourth-order valence-corrected chi connectivity index (χ4v) is 2.79. The number of anilines is 1. The van der Waals surface area contributed by atoms with Gasteiger partial charge in [0.1, 0.15) is 5.52 Å². The number of nitrogens with two attached hydrogens (primary N) is 1. The summed E-state index contributed by atoms with van der Waals surface area (Å²) in [6, 6.07) is 18.1. The Hall–Kier alpha value is -3.38. The van der Waals surface area contributed by atoms with Crippen LogP contribution in [-0.2, 0) is 0 Å². The molecule has 0 unspecified atom stereocenters. The SMILES string of the molecule is Cc1cccc(C#Cc2cnc3c(N)nc4ccccc4c3c2)c1. The average Bonchev–Trinajstić information content (AvgIpc) is 2.60. The van der Waals surface area contributed by atoms with E-state index in [0.717, 1.165) is 32.9 Å². The van der Waals surface area contributed by atoms with Gasteiger partial charge in [0.2, 0.25) is 0 Å². The van der Waals surface area contributed by atoms with Crippen LogP contribution >= 0.6 is 0 Å². The molecule has 3 nitrogen and oxygen atoms in total. The molecule has 2 heterocycles. The molecule has 0 fully saturated rings. The van der Waals surface area contributed by atoms with E-state index >= 15 is 0 Å². The van der Waals surface area contributed by atoms with Crippen molar-refractivity contribution in [2.45, 2.75) is 6.92 Å². The van der Waals surface area contributed by atoms with Crippen LogP contribution in [0, 0.1) is 18.8 Å². The first kappa shape index (κ1) is 14.2. The first-order chi connectivity index (χ1) is 11.7. The van der Waals surface area contributed by atoms with Gasteiger partial charge in [0, 0.05) is 28.1 Å². The van der Waals surface area contributed by atoms with E-state index in [2.05, 4.69) is 40.9 Å². The van der Waals surface area contributed by atoms with Gasteiger partial charge in [-0.15, -0.1) is 0 Å². The minimum Gasteiger partial charge on any atom is -0.382 e. The van der Waals surface area contributed by atoms with Gasteiger partial charge in [-0.3, -0.25) is 4.98 Å². The third kappa shape index (κ3) is 2.55. The van der Waals surface area contributed by atoms with Crippen molar-refractivity contribution in [1.82, 2.24) is 9.97 Å². The fraction of sp³-hybridized carbons (Fsp3) is 0.0476. The monoisotopic (exact) mass is 309 g/mol. The second kappa shape index (κ2) is 5.68. The van der Waals surface area contributed by atoms with Crippen LogP contribution in [0.25, 0.3) is 21.8 Å². The Morgan fingerprint density at radius 3 is 2.58 bits per heavy atom. The van der Waals surface area contributed by atoms with Crippen molar-refractivity contribution < 1.29 is 0 Å². The Bertz CT molecular complexity index is 1130. The fourth-order valence-electron chi connectivity index (χ4n) is 2.79. The molecule has 0 amide bonds. The van der Waals surface area contributed by atoms with Gasteiger partial charge in [0.25, 0.3) is 0 Å². The molecule has 3 heteroatoms. The van der Waals surface area contributed by atoms with Crippen molar-refractivity contribution in [3.63, 3.8) is 0 Å². The number of fused-ring (bicyclic) bond motifs is 3. The van der Waals surface area contributed by atoms with Crippen LogP contribution in [0.15, 0.2) is 60.8 Å². The normalized spacial score (nSPS) is 10.5. The number of hydrogen-bond acceptors (Lipinski definition) is 3. The number of aromatic nitrogens is 2. The van der Waals surface area contributed by atoms with Gasteiger partial charge in [-0.2, -0.15) is 0 Å². The van der Waals surface area contributed by atoms with Crippen LogP contribution in [0.1, 0.15) is 16.7 Å². The lowest BCUT2D eigenvalue weighted by atomic mass is 10.1. The number of rotatable bonds is 0. The van der Waals surface area contributed by atoms with Crippen molar-refractivity contribution in [3.05, 3.63) is 77.5 Å². The zero-order chi connectivity index (χ0) is 16.5. The van der Waals surface area contributed by atoms with E-state index in [4.69, 9.17) is 5.73 Å². The average molecular weight is 309 g/mol. The molecule has 24 heavy (non-hydrogen) atoms. The Kier molecular flexibility index (Phi) is 3.36. The number of nitrogens with zero attached hydrogens (tertiary/aromatic N) is 2. The molecule has 4 rings (SSSR count). The molecule has 0 aliphatic carbocycles. The van der Waals surface area contributed by atoms with Crippen LogP contribution < -0.4 is 5.73 Å².